The smallest absolute Gasteiger partial charge is 0.305 e. The molecule has 0 aromatic heterocycles. The van der Waals surface area contributed by atoms with E-state index in [0.717, 1.165) is 0 Å². The molecule has 6 heteroatoms. The number of nitrogens with zero attached hydrogens (tertiary/aromatic N) is 1. The number of Topliss-reactive ketones (excluding diaryl/α,β-unsaturated/α-hetero) is 1. The van der Waals surface area contributed by atoms with Crippen LogP contribution in [0.3, 0.4) is 0 Å². The lowest BCUT2D eigenvalue weighted by Gasteiger charge is -2.28. The lowest BCUT2D eigenvalue weighted by Crippen LogP contribution is -2.38. The summed E-state index contributed by atoms with van der Waals surface area (Å²) in [5, 5.41) is 0. The molecule has 0 N–H and O–H groups in total. The highest BCUT2D eigenvalue weighted by atomic mass is 16.5. The van der Waals surface area contributed by atoms with Crippen LogP contribution >= 0.6 is 0 Å². The van der Waals surface area contributed by atoms with Gasteiger partial charge in [0.05, 0.1) is 19.2 Å². The van der Waals surface area contributed by atoms with Crippen LogP contribution in [0.5, 0.6) is 5.75 Å². The first-order chi connectivity index (χ1) is 10.1. The number of carbonyl (C=O) groups excluding carboxylic acids is 3. The number of hydrogen-bond donors (Lipinski definition) is 0. The summed E-state index contributed by atoms with van der Waals surface area (Å²) in [7, 11) is 1.29. The maximum atomic E-state index is 12.1. The summed E-state index contributed by atoms with van der Waals surface area (Å²) in [4.78, 5) is 36.5. The van der Waals surface area contributed by atoms with Gasteiger partial charge in [-0.25, -0.2) is 0 Å². The number of ketones is 1. The minimum Gasteiger partial charge on any atom is -0.482 e. The molecular weight excluding hydrogens is 274 g/mol. The summed E-state index contributed by atoms with van der Waals surface area (Å²) in [5.41, 5.74) is 1.05. The highest BCUT2D eigenvalue weighted by Gasteiger charge is 2.25. The fourth-order valence-corrected chi connectivity index (χ4v) is 2.18. The summed E-state index contributed by atoms with van der Waals surface area (Å²) in [6.45, 7) is 2.38. The Morgan fingerprint density at radius 1 is 1.33 bits per heavy atom. The molecule has 112 valence electrons. The molecule has 1 aromatic rings. The Labute approximate surface area is 122 Å². The number of hydrogen-bond acceptors (Lipinski definition) is 5. The maximum Gasteiger partial charge on any atom is 0.305 e. The van der Waals surface area contributed by atoms with Crippen LogP contribution in [-0.2, 0) is 14.3 Å². The molecule has 21 heavy (non-hydrogen) atoms. The fraction of sp³-hybridized carbons (Fsp3) is 0.400. The average molecular weight is 291 g/mol. The fourth-order valence-electron chi connectivity index (χ4n) is 2.18. The van der Waals surface area contributed by atoms with E-state index >= 15 is 0 Å². The zero-order chi connectivity index (χ0) is 15.4. The third-order valence-electron chi connectivity index (χ3n) is 3.32. The Kier molecular flexibility index (Phi) is 4.57. The van der Waals surface area contributed by atoms with Crippen LogP contribution in [0.15, 0.2) is 18.2 Å². The normalized spacial score (nSPS) is 13.4. The number of rotatable bonds is 5. The SMILES string of the molecule is CCN1C(=O)COc2ccc(C(=O)CCC(=O)OC)cc21. The highest BCUT2D eigenvalue weighted by molar-refractivity contribution is 6.02. The minimum absolute atomic E-state index is 0.0104. The molecule has 1 aromatic carbocycles. The van der Waals surface area contributed by atoms with Gasteiger partial charge in [-0.3, -0.25) is 14.4 Å². The van der Waals surface area contributed by atoms with Crippen LogP contribution in [0.2, 0.25) is 0 Å². The van der Waals surface area contributed by atoms with E-state index in [1.54, 1.807) is 23.1 Å². The first-order valence-electron chi connectivity index (χ1n) is 6.74. The standard InChI is InChI=1S/C15H17NO5/c1-3-16-11-8-10(12(17)5-7-15(19)20-2)4-6-13(11)21-9-14(16)18/h4,6,8H,3,5,7,9H2,1-2H3. The predicted molar refractivity (Wildman–Crippen MR) is 75.5 cm³/mol. The largest absolute Gasteiger partial charge is 0.482 e. The van der Waals surface area contributed by atoms with Gasteiger partial charge in [0.1, 0.15) is 5.75 Å². The molecule has 0 saturated carbocycles. The molecular formula is C15H17NO5. The number of ether oxygens (including phenoxy) is 2. The van der Waals surface area contributed by atoms with Gasteiger partial charge in [-0.15, -0.1) is 0 Å². The van der Waals surface area contributed by atoms with Crippen molar-refractivity contribution in [2.45, 2.75) is 19.8 Å². The van der Waals surface area contributed by atoms with Crippen LogP contribution in [0.1, 0.15) is 30.1 Å². The molecule has 0 unspecified atom stereocenters. The summed E-state index contributed by atoms with van der Waals surface area (Å²) in [5.74, 6) is -0.141. The van der Waals surface area contributed by atoms with Crippen molar-refractivity contribution >= 4 is 23.3 Å². The quantitative estimate of drug-likeness (QED) is 0.608. The monoisotopic (exact) mass is 291 g/mol. The van der Waals surface area contributed by atoms with Crippen molar-refractivity contribution in [3.05, 3.63) is 23.8 Å². The van der Waals surface area contributed by atoms with Crippen LogP contribution in [0.4, 0.5) is 5.69 Å². The summed E-state index contributed by atoms with van der Waals surface area (Å²) < 4.78 is 9.85. The van der Waals surface area contributed by atoms with E-state index in [2.05, 4.69) is 4.74 Å². The third kappa shape index (κ3) is 3.21. The van der Waals surface area contributed by atoms with Gasteiger partial charge >= 0.3 is 5.97 Å². The second kappa shape index (κ2) is 6.39. The van der Waals surface area contributed by atoms with Gasteiger partial charge in [-0.1, -0.05) is 0 Å². The van der Waals surface area contributed by atoms with Gasteiger partial charge in [0, 0.05) is 18.5 Å². The molecule has 1 aliphatic rings. The van der Waals surface area contributed by atoms with Crippen LogP contribution in [0.25, 0.3) is 0 Å². The van der Waals surface area contributed by atoms with Crippen molar-refractivity contribution in [3.8, 4) is 5.75 Å². The van der Waals surface area contributed by atoms with E-state index in [1.807, 2.05) is 6.92 Å². The zero-order valence-electron chi connectivity index (χ0n) is 12.0. The number of benzene rings is 1. The zero-order valence-corrected chi connectivity index (χ0v) is 12.0. The molecule has 1 amide bonds. The van der Waals surface area contributed by atoms with Crippen LogP contribution in [-0.4, -0.2) is 37.9 Å². The van der Waals surface area contributed by atoms with Crippen LogP contribution < -0.4 is 9.64 Å². The van der Waals surface area contributed by atoms with Gasteiger partial charge in [0.2, 0.25) is 0 Å². The second-order valence-corrected chi connectivity index (χ2v) is 4.61. The molecule has 2 rings (SSSR count). The predicted octanol–water partition coefficient (Wildman–Crippen LogP) is 1.57. The third-order valence-corrected chi connectivity index (χ3v) is 3.32. The van der Waals surface area contributed by atoms with Gasteiger partial charge in [-0.2, -0.15) is 0 Å². The number of fused-ring (bicyclic) bond motifs is 1. The number of amides is 1. The summed E-state index contributed by atoms with van der Waals surface area (Å²) in [6.07, 6.45) is 0.117. The van der Waals surface area contributed by atoms with E-state index < -0.39 is 5.97 Å². The van der Waals surface area contributed by atoms with E-state index in [4.69, 9.17) is 4.74 Å². The number of likely N-dealkylation sites (N-methyl/N-ethyl adjacent to an activating group) is 1. The second-order valence-electron chi connectivity index (χ2n) is 4.61. The van der Waals surface area contributed by atoms with Crippen molar-refractivity contribution in [3.63, 3.8) is 0 Å². The molecule has 0 aliphatic carbocycles. The van der Waals surface area contributed by atoms with E-state index in [0.29, 0.717) is 23.5 Å². The number of methoxy groups -OCH3 is 1. The van der Waals surface area contributed by atoms with Crippen molar-refractivity contribution in [1.82, 2.24) is 0 Å². The first kappa shape index (κ1) is 15.0. The number of carbonyl (C=O) groups is 3. The molecule has 1 heterocycles. The highest BCUT2D eigenvalue weighted by Crippen LogP contribution is 2.33. The lowest BCUT2D eigenvalue weighted by molar-refractivity contribution is -0.140. The van der Waals surface area contributed by atoms with Gasteiger partial charge in [0.25, 0.3) is 5.91 Å². The average Bonchev–Trinajstić information content (AvgIpc) is 2.51. The van der Waals surface area contributed by atoms with Gasteiger partial charge in [0.15, 0.2) is 12.4 Å². The van der Waals surface area contributed by atoms with Crippen molar-refractivity contribution in [2.24, 2.45) is 0 Å². The van der Waals surface area contributed by atoms with Crippen molar-refractivity contribution in [1.29, 1.82) is 0 Å². The van der Waals surface area contributed by atoms with Crippen LogP contribution in [0, 0.1) is 0 Å². The van der Waals surface area contributed by atoms with E-state index in [9.17, 15) is 14.4 Å². The first-order valence-corrected chi connectivity index (χ1v) is 6.74. The number of esters is 1. The minimum atomic E-state index is -0.421. The van der Waals surface area contributed by atoms with E-state index in [1.165, 1.54) is 7.11 Å². The molecule has 0 spiro atoms. The Morgan fingerprint density at radius 2 is 2.10 bits per heavy atom. The summed E-state index contributed by atoms with van der Waals surface area (Å²) >= 11 is 0. The molecule has 1 aliphatic heterocycles. The van der Waals surface area contributed by atoms with E-state index in [-0.39, 0.29) is 31.1 Å². The lowest BCUT2D eigenvalue weighted by atomic mass is 10.0. The Balaban J connectivity index is 2.19. The molecule has 0 bridgehead atoms. The van der Waals surface area contributed by atoms with Crippen molar-refractivity contribution in [2.75, 3.05) is 25.2 Å². The Morgan fingerprint density at radius 3 is 2.76 bits per heavy atom. The maximum absolute atomic E-state index is 12.1. The molecule has 6 nitrogen and oxygen atoms in total. The topological polar surface area (TPSA) is 72.9 Å². The number of anilines is 1. The van der Waals surface area contributed by atoms with Crippen molar-refractivity contribution < 1.29 is 23.9 Å². The molecule has 0 radical (unpaired) electrons. The van der Waals surface area contributed by atoms with Gasteiger partial charge in [-0.05, 0) is 25.1 Å². The Hall–Kier alpha value is -2.37. The summed E-state index contributed by atoms with van der Waals surface area (Å²) in [6, 6.07) is 4.95. The Bertz CT molecular complexity index is 581. The molecule has 0 atom stereocenters. The molecule has 0 saturated heterocycles. The van der Waals surface area contributed by atoms with Gasteiger partial charge < -0.3 is 14.4 Å². The molecule has 0 fully saturated rings.